The summed E-state index contributed by atoms with van der Waals surface area (Å²) in [5, 5.41) is 37.7. The van der Waals surface area contributed by atoms with Gasteiger partial charge in [-0.2, -0.15) is 0 Å². The van der Waals surface area contributed by atoms with Crippen molar-refractivity contribution in [1.29, 1.82) is 0 Å². The minimum absolute atomic E-state index is 0. The predicted octanol–water partition coefficient (Wildman–Crippen LogP) is -13.4. The van der Waals surface area contributed by atoms with Gasteiger partial charge < -0.3 is 48.9 Å². The molecule has 2 heterocycles. The summed E-state index contributed by atoms with van der Waals surface area (Å²) in [6, 6.07) is 3.12. The molecular formula is C19H18N7Na4O17P3S. The van der Waals surface area contributed by atoms with E-state index in [4.69, 9.17) is 22.5 Å². The molecule has 32 heteroatoms. The number of nitro benzene ring substituents is 1. The van der Waals surface area contributed by atoms with Gasteiger partial charge in [0, 0.05) is 35.0 Å². The molecule has 1 saturated heterocycles. The van der Waals surface area contributed by atoms with E-state index in [1.807, 2.05) is 0 Å². The van der Waals surface area contributed by atoms with Gasteiger partial charge in [-0.1, -0.05) is 29.5 Å². The SMILES string of the molecule is [N-]=[N+]=Nc1ccc([N+](=O)[O-])c(C(=O)NC/C=C/c2cn([C@@H]3O[C@H](COP(=O)([O-])OP(=O)([O-])OP(=O)([O-])[O-])[C@@H](O)[C@H]3O)c(=O)[nH]c2=S)c1.[Na+].[Na+].[Na+].[Na+]. The maximum absolute atomic E-state index is 12.6. The van der Waals surface area contributed by atoms with Crippen LogP contribution in [0.1, 0.15) is 22.1 Å². The van der Waals surface area contributed by atoms with Gasteiger partial charge in [-0.3, -0.25) is 37.9 Å². The van der Waals surface area contributed by atoms with E-state index in [0.29, 0.717) is 4.57 Å². The van der Waals surface area contributed by atoms with Gasteiger partial charge in [-0.25, -0.2) is 9.11 Å². The van der Waals surface area contributed by atoms with E-state index in [-0.39, 0.29) is 141 Å². The fourth-order valence-electron chi connectivity index (χ4n) is 3.77. The minimum Gasteiger partial charge on any atom is -0.790 e. The predicted molar refractivity (Wildman–Crippen MR) is 146 cm³/mol. The number of ether oxygens (including phenoxy) is 1. The Morgan fingerprint density at radius 2 is 1.76 bits per heavy atom. The number of nitrogens with one attached hydrogen (secondary N) is 2. The number of amides is 1. The molecule has 0 radical (unpaired) electrons. The minimum atomic E-state index is -6.27. The molecule has 1 aromatic carbocycles. The Kier molecular flexibility index (Phi) is 24.1. The molecule has 256 valence electrons. The second-order valence-electron chi connectivity index (χ2n) is 8.86. The van der Waals surface area contributed by atoms with Crippen molar-refractivity contribution in [2.45, 2.75) is 24.5 Å². The number of aromatic amines is 1. The zero-order chi connectivity index (χ0) is 35.3. The fraction of sp³-hybridized carbons (Fsp3) is 0.316. The molecule has 1 amide bonds. The Morgan fingerprint density at radius 1 is 1.14 bits per heavy atom. The molecular weight excluding hydrogens is 815 g/mol. The second kappa shape index (κ2) is 22.9. The molecule has 51 heavy (non-hydrogen) atoms. The molecule has 0 spiro atoms. The number of phosphoric ester groups is 1. The van der Waals surface area contributed by atoms with E-state index >= 15 is 0 Å². The van der Waals surface area contributed by atoms with Crippen molar-refractivity contribution >= 4 is 59.0 Å². The number of nitrogens with zero attached hydrogens (tertiary/aromatic N) is 5. The summed E-state index contributed by atoms with van der Waals surface area (Å²) in [6.45, 7) is -1.51. The summed E-state index contributed by atoms with van der Waals surface area (Å²) in [6.07, 6.45) is -3.81. The quantitative estimate of drug-likeness (QED) is 0.0201. The van der Waals surface area contributed by atoms with Gasteiger partial charge in [0.2, 0.25) is 0 Å². The van der Waals surface area contributed by atoms with E-state index in [9.17, 15) is 63.2 Å². The van der Waals surface area contributed by atoms with Crippen molar-refractivity contribution in [3.63, 3.8) is 0 Å². The van der Waals surface area contributed by atoms with Crippen molar-refractivity contribution in [2.24, 2.45) is 5.11 Å². The molecule has 1 fully saturated rings. The summed E-state index contributed by atoms with van der Waals surface area (Å²) in [7, 11) is -18.5. The Morgan fingerprint density at radius 3 is 2.33 bits per heavy atom. The van der Waals surface area contributed by atoms with Crippen LogP contribution in [0.5, 0.6) is 0 Å². The zero-order valence-corrected chi connectivity index (χ0v) is 38.2. The van der Waals surface area contributed by atoms with Crippen LogP contribution >= 0.6 is 35.7 Å². The smallest absolute Gasteiger partial charge is 0.790 e. The summed E-state index contributed by atoms with van der Waals surface area (Å²) in [4.78, 5) is 84.3. The van der Waals surface area contributed by atoms with Crippen LogP contribution in [0.25, 0.3) is 16.5 Å². The van der Waals surface area contributed by atoms with Crippen LogP contribution in [-0.4, -0.2) is 62.1 Å². The molecule has 0 bridgehead atoms. The molecule has 0 aliphatic carbocycles. The molecule has 2 unspecified atom stereocenters. The molecule has 0 saturated carbocycles. The number of azide groups is 1. The van der Waals surface area contributed by atoms with Crippen LogP contribution in [0.4, 0.5) is 11.4 Å². The largest absolute Gasteiger partial charge is 1.00 e. The summed E-state index contributed by atoms with van der Waals surface area (Å²) in [5.74, 6) is -0.911. The molecule has 1 aliphatic heterocycles. The maximum atomic E-state index is 12.6. The summed E-state index contributed by atoms with van der Waals surface area (Å²) < 4.78 is 50.0. The van der Waals surface area contributed by atoms with Crippen molar-refractivity contribution < 1.29 is 189 Å². The van der Waals surface area contributed by atoms with Crippen molar-refractivity contribution in [3.05, 3.63) is 77.3 Å². The average Bonchev–Trinajstić information content (AvgIpc) is 3.21. The number of rotatable bonds is 14. The van der Waals surface area contributed by atoms with Crippen LogP contribution in [0.15, 0.2) is 40.4 Å². The van der Waals surface area contributed by atoms with Crippen molar-refractivity contribution in [1.82, 2.24) is 14.9 Å². The maximum Gasteiger partial charge on any atom is 1.00 e. The van der Waals surface area contributed by atoms with Gasteiger partial charge in [-0.15, -0.1) is 0 Å². The summed E-state index contributed by atoms with van der Waals surface area (Å²) in [5.41, 5.74) is 6.60. The molecule has 2 aromatic rings. The Balaban J connectivity index is 0. The van der Waals surface area contributed by atoms with Gasteiger partial charge in [0.1, 0.15) is 28.5 Å². The number of hydrogen-bond donors (Lipinski definition) is 4. The Labute approximate surface area is 378 Å². The van der Waals surface area contributed by atoms with Gasteiger partial charge in [0.25, 0.3) is 27.2 Å². The fourth-order valence-corrected chi connectivity index (χ4v) is 6.84. The number of aromatic nitrogens is 2. The van der Waals surface area contributed by atoms with Gasteiger partial charge >= 0.3 is 124 Å². The topological polar surface area (TPSA) is 380 Å². The van der Waals surface area contributed by atoms with E-state index in [2.05, 4.69) is 33.5 Å². The number of H-pyrrole nitrogens is 1. The van der Waals surface area contributed by atoms with Crippen molar-refractivity contribution in [2.75, 3.05) is 13.2 Å². The number of phosphoric acid groups is 3. The van der Waals surface area contributed by atoms with E-state index < -0.39 is 82.4 Å². The van der Waals surface area contributed by atoms with Crippen LogP contribution in [0, 0.1) is 14.8 Å². The third-order valence-corrected chi connectivity index (χ3v) is 9.67. The van der Waals surface area contributed by atoms with Gasteiger partial charge in [0.05, 0.1) is 19.4 Å². The number of hydrogen-bond acceptors (Lipinski definition) is 19. The second-order valence-corrected chi connectivity index (χ2v) is 13.5. The third-order valence-electron chi connectivity index (χ3n) is 5.66. The average molecular weight is 833 g/mol. The van der Waals surface area contributed by atoms with Crippen LogP contribution in [-0.2, 0) is 31.6 Å². The molecule has 24 nitrogen and oxygen atoms in total. The zero-order valence-electron chi connectivity index (χ0n) is 26.7. The normalized spacial score (nSPS) is 20.5. The van der Waals surface area contributed by atoms with E-state index in [1.54, 1.807) is 0 Å². The first-order valence-corrected chi connectivity index (χ1v) is 16.9. The molecule has 1 aromatic heterocycles. The third kappa shape index (κ3) is 16.3. The van der Waals surface area contributed by atoms with E-state index in [0.717, 1.165) is 24.4 Å². The summed E-state index contributed by atoms with van der Waals surface area (Å²) >= 11 is 5.08. The van der Waals surface area contributed by atoms with Gasteiger partial charge in [0.15, 0.2) is 6.23 Å². The molecule has 1 aliphatic rings. The number of carbonyl (C=O) groups is 1. The van der Waals surface area contributed by atoms with Crippen LogP contribution in [0.2, 0.25) is 0 Å². The molecule has 4 N–H and O–H groups in total. The number of nitro groups is 1. The first-order chi connectivity index (χ1) is 21.7. The number of aliphatic hydroxyl groups excluding tert-OH is 2. The van der Waals surface area contributed by atoms with Crippen LogP contribution < -0.4 is 149 Å². The Bertz CT molecular complexity index is 1910. The number of carbonyl (C=O) groups excluding carboxylic acids is 1. The standard InChI is InChI=1S/C19H22N7O17P3S.4Na/c20-24-23-10-3-4-12(26(31)32)11(6-10)16(29)21-5-1-2-9-7-25(19(30)22-17(9)47)18-15(28)14(27)13(41-18)8-40-45(36,37)43-46(38,39)42-44(33,34)35;;;;/h1-4,6-7,13-15,18,27-28H,5,8H2,(H,21,29)(H,36,37)(H,38,39)(H,22,30,47)(H2,33,34,35);;;;/q;4*+1/p-4/b2-1+;;;;/t13-,14-,15-,18-;;;;/m1..../s1. The molecule has 3 rings (SSSR count). The van der Waals surface area contributed by atoms with Crippen molar-refractivity contribution in [3.8, 4) is 0 Å². The first kappa shape index (κ1) is 53.6. The number of aliphatic hydroxyl groups is 2. The molecule has 6 atom stereocenters. The monoisotopic (exact) mass is 833 g/mol. The van der Waals surface area contributed by atoms with E-state index in [1.165, 1.54) is 12.2 Å². The first-order valence-electron chi connectivity index (χ1n) is 12.1. The Hall–Kier alpha value is 0.530. The van der Waals surface area contributed by atoms with Gasteiger partial charge in [-0.05, 0) is 17.7 Å². The van der Waals surface area contributed by atoms with Crippen LogP contribution in [0.3, 0.4) is 0 Å². The number of benzene rings is 1.